The van der Waals surface area contributed by atoms with E-state index in [4.69, 9.17) is 9.47 Å². The number of carbonyl (C=O) groups excluding carboxylic acids is 1. The zero-order valence-electron chi connectivity index (χ0n) is 10.5. The summed E-state index contributed by atoms with van der Waals surface area (Å²) >= 11 is 0. The minimum Gasteiger partial charge on any atom is -0.381 e. The first-order valence-electron chi connectivity index (χ1n) is 6.44. The minimum atomic E-state index is 0.0619. The number of nitrogens with zero attached hydrogens (tertiary/aromatic N) is 1. The highest BCUT2D eigenvalue weighted by molar-refractivity contribution is 5.79. The average Bonchev–Trinajstić information content (AvgIpc) is 2.90. The summed E-state index contributed by atoms with van der Waals surface area (Å²) in [6, 6.07) is 0.380. The third-order valence-corrected chi connectivity index (χ3v) is 3.54. The molecule has 2 aliphatic rings. The summed E-state index contributed by atoms with van der Waals surface area (Å²) in [5.74, 6) is 0.203. The molecule has 1 amide bonds. The molecule has 5 nitrogen and oxygen atoms in total. The largest absolute Gasteiger partial charge is 0.381 e. The van der Waals surface area contributed by atoms with Gasteiger partial charge in [-0.3, -0.25) is 9.69 Å². The Labute approximate surface area is 102 Å². The second-order valence-electron chi connectivity index (χ2n) is 4.80. The van der Waals surface area contributed by atoms with Gasteiger partial charge in [-0.05, 0) is 13.3 Å². The zero-order chi connectivity index (χ0) is 12.1. The number of nitrogens with one attached hydrogen (secondary N) is 1. The van der Waals surface area contributed by atoms with E-state index in [-0.39, 0.29) is 11.8 Å². The first-order valence-corrected chi connectivity index (χ1v) is 6.44. The van der Waals surface area contributed by atoms with E-state index < -0.39 is 0 Å². The molecule has 0 aromatic rings. The van der Waals surface area contributed by atoms with E-state index in [0.29, 0.717) is 12.6 Å². The van der Waals surface area contributed by atoms with Crippen molar-refractivity contribution in [3.8, 4) is 0 Å². The van der Waals surface area contributed by atoms with Crippen LogP contribution in [0.3, 0.4) is 0 Å². The van der Waals surface area contributed by atoms with E-state index in [9.17, 15) is 4.79 Å². The van der Waals surface area contributed by atoms with E-state index in [1.165, 1.54) is 0 Å². The zero-order valence-corrected chi connectivity index (χ0v) is 10.5. The second-order valence-corrected chi connectivity index (χ2v) is 4.80. The van der Waals surface area contributed by atoms with Gasteiger partial charge < -0.3 is 14.8 Å². The Hall–Kier alpha value is -0.650. The van der Waals surface area contributed by atoms with Gasteiger partial charge in [0, 0.05) is 32.3 Å². The van der Waals surface area contributed by atoms with Crippen LogP contribution in [0.15, 0.2) is 0 Å². The lowest BCUT2D eigenvalue weighted by atomic mass is 10.1. The molecule has 0 spiro atoms. The van der Waals surface area contributed by atoms with Gasteiger partial charge in [0.2, 0.25) is 5.91 Å². The monoisotopic (exact) mass is 242 g/mol. The standard InChI is InChI=1S/C12H22N2O3/c1-10(14-3-6-16-7-4-14)8-13-12(15)11-2-5-17-9-11/h10-11H,2-9H2,1H3,(H,13,15). The molecule has 17 heavy (non-hydrogen) atoms. The van der Waals surface area contributed by atoms with Gasteiger partial charge in [-0.1, -0.05) is 0 Å². The molecule has 98 valence electrons. The maximum atomic E-state index is 11.8. The maximum Gasteiger partial charge on any atom is 0.225 e. The molecule has 2 aliphatic heterocycles. The molecule has 0 bridgehead atoms. The SMILES string of the molecule is CC(CNC(=O)C1CCOC1)N1CCOCC1. The van der Waals surface area contributed by atoms with Gasteiger partial charge in [0.1, 0.15) is 0 Å². The molecule has 2 rings (SSSR count). The van der Waals surface area contributed by atoms with Crippen LogP contribution in [0.2, 0.25) is 0 Å². The Morgan fingerprint density at radius 1 is 1.35 bits per heavy atom. The lowest BCUT2D eigenvalue weighted by Crippen LogP contribution is -2.48. The van der Waals surface area contributed by atoms with Crippen LogP contribution in [0.25, 0.3) is 0 Å². The Morgan fingerprint density at radius 3 is 2.76 bits per heavy atom. The smallest absolute Gasteiger partial charge is 0.225 e. The lowest BCUT2D eigenvalue weighted by Gasteiger charge is -2.32. The average molecular weight is 242 g/mol. The summed E-state index contributed by atoms with van der Waals surface area (Å²) in [6.07, 6.45) is 0.859. The summed E-state index contributed by atoms with van der Waals surface area (Å²) in [5.41, 5.74) is 0. The van der Waals surface area contributed by atoms with Crippen LogP contribution < -0.4 is 5.32 Å². The lowest BCUT2D eigenvalue weighted by molar-refractivity contribution is -0.125. The van der Waals surface area contributed by atoms with Crippen molar-refractivity contribution in [3.05, 3.63) is 0 Å². The Morgan fingerprint density at radius 2 is 2.12 bits per heavy atom. The van der Waals surface area contributed by atoms with Crippen LogP contribution >= 0.6 is 0 Å². The van der Waals surface area contributed by atoms with Crippen LogP contribution in [-0.2, 0) is 14.3 Å². The highest BCUT2D eigenvalue weighted by Gasteiger charge is 2.24. The molecule has 2 heterocycles. The van der Waals surface area contributed by atoms with Crippen LogP contribution in [0, 0.1) is 5.92 Å². The summed E-state index contributed by atoms with van der Waals surface area (Å²) in [4.78, 5) is 14.2. The molecule has 0 aromatic heterocycles. The third kappa shape index (κ3) is 3.66. The number of hydrogen-bond donors (Lipinski definition) is 1. The third-order valence-electron chi connectivity index (χ3n) is 3.54. The topological polar surface area (TPSA) is 50.8 Å². The summed E-state index contributed by atoms with van der Waals surface area (Å²) in [5, 5.41) is 3.02. The minimum absolute atomic E-state index is 0.0619. The number of carbonyl (C=O) groups is 1. The predicted octanol–water partition coefficient (Wildman–Crippen LogP) is -0.140. The molecule has 2 atom stereocenters. The van der Waals surface area contributed by atoms with E-state index in [2.05, 4.69) is 17.1 Å². The molecular formula is C12H22N2O3. The number of morpholine rings is 1. The number of rotatable bonds is 4. The number of ether oxygens (including phenoxy) is 2. The van der Waals surface area contributed by atoms with Crippen molar-refractivity contribution in [3.63, 3.8) is 0 Å². The highest BCUT2D eigenvalue weighted by Crippen LogP contribution is 2.12. The summed E-state index contributed by atoms with van der Waals surface area (Å²) in [7, 11) is 0. The Bertz CT molecular complexity index is 248. The van der Waals surface area contributed by atoms with Crippen LogP contribution in [0.4, 0.5) is 0 Å². The molecule has 0 saturated carbocycles. The molecule has 2 saturated heterocycles. The van der Waals surface area contributed by atoms with Gasteiger partial charge in [-0.15, -0.1) is 0 Å². The van der Waals surface area contributed by atoms with Crippen LogP contribution in [0.5, 0.6) is 0 Å². The summed E-state index contributed by atoms with van der Waals surface area (Å²) in [6.45, 7) is 7.69. The van der Waals surface area contributed by atoms with Gasteiger partial charge in [-0.2, -0.15) is 0 Å². The Balaban J connectivity index is 1.67. The number of amides is 1. The predicted molar refractivity (Wildman–Crippen MR) is 63.8 cm³/mol. The fourth-order valence-corrected chi connectivity index (χ4v) is 2.28. The molecular weight excluding hydrogens is 220 g/mol. The van der Waals surface area contributed by atoms with Crippen molar-refractivity contribution < 1.29 is 14.3 Å². The van der Waals surface area contributed by atoms with Crippen molar-refractivity contribution >= 4 is 5.91 Å². The first kappa shape index (κ1) is 12.8. The van der Waals surface area contributed by atoms with Crippen molar-refractivity contribution in [1.29, 1.82) is 0 Å². The molecule has 1 N–H and O–H groups in total. The fraction of sp³-hybridized carbons (Fsp3) is 0.917. The van der Waals surface area contributed by atoms with Crippen molar-refractivity contribution in [2.45, 2.75) is 19.4 Å². The van der Waals surface area contributed by atoms with Crippen LogP contribution in [-0.4, -0.2) is 62.9 Å². The normalized spacial score (nSPS) is 27.9. The van der Waals surface area contributed by atoms with Gasteiger partial charge in [0.05, 0.1) is 25.7 Å². The van der Waals surface area contributed by atoms with Gasteiger partial charge in [0.15, 0.2) is 0 Å². The fourth-order valence-electron chi connectivity index (χ4n) is 2.28. The van der Waals surface area contributed by atoms with E-state index in [1.54, 1.807) is 0 Å². The number of hydrogen-bond acceptors (Lipinski definition) is 4. The van der Waals surface area contributed by atoms with E-state index in [0.717, 1.165) is 45.9 Å². The summed E-state index contributed by atoms with van der Waals surface area (Å²) < 4.78 is 10.5. The molecule has 2 unspecified atom stereocenters. The molecule has 5 heteroatoms. The molecule has 0 aliphatic carbocycles. The van der Waals surface area contributed by atoms with E-state index >= 15 is 0 Å². The molecule has 0 aromatic carbocycles. The Kier molecular flexibility index (Phi) is 4.76. The van der Waals surface area contributed by atoms with Gasteiger partial charge >= 0.3 is 0 Å². The van der Waals surface area contributed by atoms with Crippen molar-refractivity contribution in [2.24, 2.45) is 5.92 Å². The van der Waals surface area contributed by atoms with Crippen LogP contribution in [0.1, 0.15) is 13.3 Å². The van der Waals surface area contributed by atoms with E-state index in [1.807, 2.05) is 0 Å². The van der Waals surface area contributed by atoms with Crippen molar-refractivity contribution in [2.75, 3.05) is 46.1 Å². The first-order chi connectivity index (χ1) is 8.27. The second kappa shape index (κ2) is 6.33. The molecule has 2 fully saturated rings. The van der Waals surface area contributed by atoms with Crippen molar-refractivity contribution in [1.82, 2.24) is 10.2 Å². The van der Waals surface area contributed by atoms with Gasteiger partial charge in [0.25, 0.3) is 0 Å². The maximum absolute atomic E-state index is 11.8. The highest BCUT2D eigenvalue weighted by atomic mass is 16.5. The quantitative estimate of drug-likeness (QED) is 0.745. The van der Waals surface area contributed by atoms with Gasteiger partial charge in [-0.25, -0.2) is 0 Å². The molecule has 0 radical (unpaired) electrons.